The van der Waals surface area contributed by atoms with Gasteiger partial charge in [0.25, 0.3) is 0 Å². The molecule has 0 radical (unpaired) electrons. The van der Waals surface area contributed by atoms with Crippen LogP contribution < -0.4 is 0 Å². The molecule has 0 bridgehead atoms. The third kappa shape index (κ3) is 1.62. The highest BCUT2D eigenvalue weighted by atomic mass is 16.1. The van der Waals surface area contributed by atoms with Crippen LogP contribution in [0, 0.1) is 11.3 Å². The molecule has 0 saturated heterocycles. The quantitative estimate of drug-likeness (QED) is 0.809. The number of hydrogen-bond donors (Lipinski definition) is 1. The van der Waals surface area contributed by atoms with E-state index in [9.17, 15) is 4.79 Å². The number of nitrogens with zero attached hydrogens (tertiary/aromatic N) is 1. The molecule has 1 atom stereocenters. The van der Waals surface area contributed by atoms with Gasteiger partial charge >= 0.3 is 0 Å². The van der Waals surface area contributed by atoms with Crippen molar-refractivity contribution < 1.29 is 4.79 Å². The van der Waals surface area contributed by atoms with Gasteiger partial charge in [-0.2, -0.15) is 5.26 Å². The molecule has 1 aliphatic carbocycles. The molecule has 3 heteroatoms. The third-order valence-corrected chi connectivity index (χ3v) is 3.53. The smallest absolute Gasteiger partial charge is 0.133 e. The van der Waals surface area contributed by atoms with Crippen LogP contribution in [-0.4, -0.2) is 10.8 Å². The predicted molar refractivity (Wildman–Crippen MR) is 64.6 cm³/mol. The fraction of sp³-hybridized carbons (Fsp3) is 0.286. The summed E-state index contributed by atoms with van der Waals surface area (Å²) in [4.78, 5) is 14.6. The van der Waals surface area contributed by atoms with E-state index in [2.05, 4.69) is 11.1 Å². The number of carbonyl (C=O) groups is 1. The van der Waals surface area contributed by atoms with Gasteiger partial charge in [0, 0.05) is 29.9 Å². The van der Waals surface area contributed by atoms with Crippen molar-refractivity contribution >= 4 is 16.7 Å². The van der Waals surface area contributed by atoms with Gasteiger partial charge in [0.2, 0.25) is 0 Å². The van der Waals surface area contributed by atoms with Gasteiger partial charge in [-0.05, 0) is 36.1 Å². The van der Waals surface area contributed by atoms with Gasteiger partial charge in [-0.1, -0.05) is 0 Å². The SMILES string of the molecule is N#Cc1ccc2[nH]cc([C@H]3CCC(=O)C3)c2c1. The van der Waals surface area contributed by atoms with Crippen LogP contribution in [-0.2, 0) is 4.79 Å². The van der Waals surface area contributed by atoms with Gasteiger partial charge < -0.3 is 4.98 Å². The minimum absolute atomic E-state index is 0.324. The van der Waals surface area contributed by atoms with Gasteiger partial charge in [-0.25, -0.2) is 0 Å². The van der Waals surface area contributed by atoms with Crippen molar-refractivity contribution in [1.29, 1.82) is 5.26 Å². The fourth-order valence-electron chi connectivity index (χ4n) is 2.63. The lowest BCUT2D eigenvalue weighted by atomic mass is 9.96. The number of aromatic nitrogens is 1. The summed E-state index contributed by atoms with van der Waals surface area (Å²) in [5, 5.41) is 10.0. The molecule has 1 aromatic heterocycles. The number of fused-ring (bicyclic) bond motifs is 1. The average Bonchev–Trinajstić information content (AvgIpc) is 2.93. The second kappa shape index (κ2) is 3.74. The largest absolute Gasteiger partial charge is 0.361 e. The van der Waals surface area contributed by atoms with E-state index < -0.39 is 0 Å². The maximum atomic E-state index is 11.3. The molecule has 1 aliphatic rings. The number of nitriles is 1. The number of rotatable bonds is 1. The fourth-order valence-corrected chi connectivity index (χ4v) is 2.63. The summed E-state index contributed by atoms with van der Waals surface area (Å²) in [6.45, 7) is 0. The number of benzene rings is 1. The molecule has 17 heavy (non-hydrogen) atoms. The summed E-state index contributed by atoms with van der Waals surface area (Å²) in [5.41, 5.74) is 2.89. The monoisotopic (exact) mass is 224 g/mol. The summed E-state index contributed by atoms with van der Waals surface area (Å²) in [6.07, 6.45) is 4.25. The Hall–Kier alpha value is -2.08. The first-order valence-corrected chi connectivity index (χ1v) is 5.81. The molecule has 0 aliphatic heterocycles. The van der Waals surface area contributed by atoms with Crippen molar-refractivity contribution in [3.8, 4) is 6.07 Å². The zero-order valence-corrected chi connectivity index (χ0v) is 9.36. The molecule has 3 nitrogen and oxygen atoms in total. The van der Waals surface area contributed by atoms with Crippen molar-refractivity contribution in [3.63, 3.8) is 0 Å². The van der Waals surface area contributed by atoms with Crippen LogP contribution in [0.15, 0.2) is 24.4 Å². The molecule has 84 valence electrons. The molecule has 2 aromatic rings. The molecule has 0 amide bonds. The van der Waals surface area contributed by atoms with Crippen LogP contribution in [0.3, 0.4) is 0 Å². The number of hydrogen-bond acceptors (Lipinski definition) is 2. The zero-order valence-electron chi connectivity index (χ0n) is 9.36. The first-order chi connectivity index (χ1) is 8.28. The molecule has 0 spiro atoms. The Kier molecular flexibility index (Phi) is 2.22. The summed E-state index contributed by atoms with van der Waals surface area (Å²) < 4.78 is 0. The lowest BCUT2D eigenvalue weighted by Crippen LogP contribution is -1.93. The maximum Gasteiger partial charge on any atom is 0.133 e. The Bertz CT molecular complexity index is 633. The number of aromatic amines is 1. The summed E-state index contributed by atoms with van der Waals surface area (Å²) in [5.74, 6) is 0.672. The Morgan fingerprint density at radius 1 is 1.41 bits per heavy atom. The Labute approximate surface area is 99.1 Å². The number of ketones is 1. The van der Waals surface area contributed by atoms with Gasteiger partial charge in [-0.3, -0.25) is 4.79 Å². The second-order valence-corrected chi connectivity index (χ2v) is 4.59. The van der Waals surface area contributed by atoms with E-state index >= 15 is 0 Å². The zero-order chi connectivity index (χ0) is 11.8. The highest BCUT2D eigenvalue weighted by Gasteiger charge is 2.25. The van der Waals surface area contributed by atoms with E-state index in [1.807, 2.05) is 24.4 Å². The first-order valence-electron chi connectivity index (χ1n) is 5.81. The Morgan fingerprint density at radius 2 is 2.29 bits per heavy atom. The number of H-pyrrole nitrogens is 1. The molecule has 1 fully saturated rings. The van der Waals surface area contributed by atoms with Gasteiger partial charge in [0.15, 0.2) is 0 Å². The lowest BCUT2D eigenvalue weighted by Gasteiger charge is -2.06. The van der Waals surface area contributed by atoms with E-state index in [0.29, 0.717) is 30.1 Å². The van der Waals surface area contributed by atoms with Crippen LogP contribution in [0.4, 0.5) is 0 Å². The van der Waals surface area contributed by atoms with Crippen LogP contribution in [0.1, 0.15) is 36.3 Å². The number of nitrogens with one attached hydrogen (secondary N) is 1. The van der Waals surface area contributed by atoms with Crippen molar-refractivity contribution in [2.24, 2.45) is 0 Å². The number of carbonyl (C=O) groups excluding carboxylic acids is 1. The highest BCUT2D eigenvalue weighted by molar-refractivity contribution is 5.88. The molecule has 0 unspecified atom stereocenters. The second-order valence-electron chi connectivity index (χ2n) is 4.59. The standard InChI is InChI=1S/C14H12N2O/c15-7-9-1-4-14-12(5-9)13(8-16-14)10-2-3-11(17)6-10/h1,4-5,8,10,16H,2-3,6H2/t10-/m0/s1. The summed E-state index contributed by atoms with van der Waals surface area (Å²) in [7, 11) is 0. The van der Waals surface area contributed by atoms with Crippen LogP contribution in [0.5, 0.6) is 0 Å². The van der Waals surface area contributed by atoms with E-state index in [1.54, 1.807) is 0 Å². The van der Waals surface area contributed by atoms with E-state index in [1.165, 1.54) is 5.56 Å². The lowest BCUT2D eigenvalue weighted by molar-refractivity contribution is -0.117. The van der Waals surface area contributed by atoms with Crippen molar-refractivity contribution in [2.45, 2.75) is 25.2 Å². The molecule has 1 aromatic carbocycles. The van der Waals surface area contributed by atoms with Gasteiger partial charge in [0.05, 0.1) is 11.6 Å². The Balaban J connectivity index is 2.10. The molecule has 1 N–H and O–H groups in total. The third-order valence-electron chi connectivity index (χ3n) is 3.53. The molecular formula is C14H12N2O. The molecule has 1 heterocycles. The van der Waals surface area contributed by atoms with Crippen molar-refractivity contribution in [2.75, 3.05) is 0 Å². The summed E-state index contributed by atoms with van der Waals surface area (Å²) in [6, 6.07) is 7.79. The molecule has 3 rings (SSSR count). The van der Waals surface area contributed by atoms with Gasteiger partial charge in [0.1, 0.15) is 5.78 Å². The van der Waals surface area contributed by atoms with Crippen LogP contribution >= 0.6 is 0 Å². The number of Topliss-reactive ketones (excluding diaryl/α,β-unsaturated/α-hetero) is 1. The van der Waals surface area contributed by atoms with Crippen molar-refractivity contribution in [1.82, 2.24) is 4.98 Å². The summed E-state index contributed by atoms with van der Waals surface area (Å²) >= 11 is 0. The Morgan fingerprint density at radius 3 is 3.00 bits per heavy atom. The van der Waals surface area contributed by atoms with Crippen LogP contribution in [0.25, 0.3) is 10.9 Å². The van der Waals surface area contributed by atoms with Crippen molar-refractivity contribution in [3.05, 3.63) is 35.5 Å². The first kappa shape index (κ1) is 10.1. The molecular weight excluding hydrogens is 212 g/mol. The average molecular weight is 224 g/mol. The topological polar surface area (TPSA) is 56.6 Å². The minimum atomic E-state index is 0.324. The van der Waals surface area contributed by atoms with E-state index in [0.717, 1.165) is 17.3 Å². The van der Waals surface area contributed by atoms with Gasteiger partial charge in [-0.15, -0.1) is 0 Å². The predicted octanol–water partition coefficient (Wildman–Crippen LogP) is 2.88. The normalized spacial score (nSPS) is 19.7. The van der Waals surface area contributed by atoms with Crippen LogP contribution in [0.2, 0.25) is 0 Å². The maximum absolute atomic E-state index is 11.3. The molecule has 1 saturated carbocycles. The van der Waals surface area contributed by atoms with E-state index in [4.69, 9.17) is 5.26 Å². The minimum Gasteiger partial charge on any atom is -0.361 e. The van der Waals surface area contributed by atoms with E-state index in [-0.39, 0.29) is 0 Å². The highest BCUT2D eigenvalue weighted by Crippen LogP contribution is 2.36.